The van der Waals surface area contributed by atoms with E-state index in [9.17, 15) is 0 Å². The van der Waals surface area contributed by atoms with Gasteiger partial charge < -0.3 is 5.32 Å². The van der Waals surface area contributed by atoms with Crippen LogP contribution in [0.4, 0.5) is 0 Å². The van der Waals surface area contributed by atoms with Gasteiger partial charge in [-0.25, -0.2) is 0 Å². The van der Waals surface area contributed by atoms with Crippen LogP contribution in [0.15, 0.2) is 0 Å². The van der Waals surface area contributed by atoms with Crippen LogP contribution in [0, 0.1) is 23.2 Å². The van der Waals surface area contributed by atoms with E-state index < -0.39 is 0 Å². The number of rotatable bonds is 1. The quantitative estimate of drug-likeness (QED) is 0.621. The van der Waals surface area contributed by atoms with Crippen LogP contribution in [-0.2, 0) is 0 Å². The fourth-order valence-electron chi connectivity index (χ4n) is 5.37. The van der Waals surface area contributed by atoms with Gasteiger partial charge in [0.1, 0.15) is 0 Å². The highest BCUT2D eigenvalue weighted by atomic mass is 15.0. The highest BCUT2D eigenvalue weighted by Gasteiger charge is 2.77. The van der Waals surface area contributed by atoms with E-state index in [-0.39, 0.29) is 0 Å². The smallest absolute Gasteiger partial charge is 0.0189 e. The number of hydrogen-bond acceptors (Lipinski definition) is 1. The van der Waals surface area contributed by atoms with Crippen molar-refractivity contribution in [1.82, 2.24) is 5.32 Å². The summed E-state index contributed by atoms with van der Waals surface area (Å²) in [4.78, 5) is 0. The molecule has 0 heterocycles. The Kier molecular flexibility index (Phi) is 0.800. The van der Waals surface area contributed by atoms with Crippen molar-refractivity contribution in [2.45, 2.75) is 37.6 Å². The van der Waals surface area contributed by atoms with Gasteiger partial charge >= 0.3 is 0 Å². The maximum atomic E-state index is 3.62. The van der Waals surface area contributed by atoms with Gasteiger partial charge in [0.25, 0.3) is 0 Å². The van der Waals surface area contributed by atoms with Crippen molar-refractivity contribution in [1.29, 1.82) is 0 Å². The van der Waals surface area contributed by atoms with E-state index in [1.165, 1.54) is 25.2 Å². The molecule has 66 valence electrons. The summed E-state index contributed by atoms with van der Waals surface area (Å²) >= 11 is 0. The third kappa shape index (κ3) is 0.396. The second-order valence-corrected chi connectivity index (χ2v) is 5.79. The lowest BCUT2D eigenvalue weighted by Crippen LogP contribution is -2.60. The van der Waals surface area contributed by atoms with Crippen LogP contribution in [-0.4, -0.2) is 12.6 Å². The number of fused-ring (bicyclic) bond motifs is 1. The first-order chi connectivity index (χ1) is 5.79. The molecule has 0 aromatic heterocycles. The summed E-state index contributed by atoms with van der Waals surface area (Å²) < 4.78 is 0. The SMILES string of the molecule is CNC12CC3CC4CC(C1)C43C2. The van der Waals surface area contributed by atoms with Crippen molar-refractivity contribution >= 4 is 0 Å². The molecule has 0 radical (unpaired) electrons. The standard InChI is InChI=1S/C11H17N/c1-12-10-4-8-2-7-3-9(5-10)11(7,8)6-10/h7-9,12H,2-6H2,1H3. The first-order valence-corrected chi connectivity index (χ1v) is 5.48. The predicted molar refractivity (Wildman–Crippen MR) is 47.8 cm³/mol. The monoisotopic (exact) mass is 163 g/mol. The number of nitrogens with one attached hydrogen (secondary N) is 1. The molecule has 1 nitrogen and oxygen atoms in total. The maximum Gasteiger partial charge on any atom is 0.0189 e. The van der Waals surface area contributed by atoms with Crippen LogP contribution < -0.4 is 5.32 Å². The lowest BCUT2D eigenvalue weighted by atomic mass is 9.38. The zero-order valence-corrected chi connectivity index (χ0v) is 7.77. The van der Waals surface area contributed by atoms with E-state index in [0.717, 1.165) is 17.3 Å². The Morgan fingerprint density at radius 3 is 2.17 bits per heavy atom. The summed E-state index contributed by atoms with van der Waals surface area (Å²) in [5.41, 5.74) is 1.52. The van der Waals surface area contributed by atoms with Gasteiger partial charge in [0, 0.05) is 5.54 Å². The van der Waals surface area contributed by atoms with Crippen molar-refractivity contribution in [3.05, 3.63) is 0 Å². The fraction of sp³-hybridized carbons (Fsp3) is 1.00. The largest absolute Gasteiger partial charge is 0.314 e. The van der Waals surface area contributed by atoms with E-state index in [4.69, 9.17) is 0 Å². The molecule has 0 aromatic rings. The fourth-order valence-corrected chi connectivity index (χ4v) is 5.37. The zero-order valence-electron chi connectivity index (χ0n) is 7.77. The first-order valence-electron chi connectivity index (χ1n) is 5.48. The highest BCUT2D eigenvalue weighted by Crippen LogP contribution is 2.81. The molecule has 4 aliphatic carbocycles. The average Bonchev–Trinajstić information content (AvgIpc) is 2.49. The Bertz CT molecular complexity index is 242. The Morgan fingerprint density at radius 2 is 1.75 bits per heavy atom. The van der Waals surface area contributed by atoms with E-state index in [1.807, 2.05) is 0 Å². The molecule has 0 aromatic carbocycles. The van der Waals surface area contributed by atoms with Crippen LogP contribution in [0.5, 0.6) is 0 Å². The van der Waals surface area contributed by atoms with Gasteiger partial charge in [-0.15, -0.1) is 0 Å². The van der Waals surface area contributed by atoms with Crippen LogP contribution in [0.25, 0.3) is 0 Å². The molecule has 12 heavy (non-hydrogen) atoms. The van der Waals surface area contributed by atoms with Gasteiger partial charge in [0.05, 0.1) is 0 Å². The minimum Gasteiger partial charge on any atom is -0.314 e. The lowest BCUT2D eigenvalue weighted by Gasteiger charge is -2.66. The molecule has 2 bridgehead atoms. The summed E-state index contributed by atoms with van der Waals surface area (Å²) in [7, 11) is 2.18. The van der Waals surface area contributed by atoms with Crippen molar-refractivity contribution in [2.24, 2.45) is 23.2 Å². The summed E-state index contributed by atoms with van der Waals surface area (Å²) in [6.07, 6.45) is 7.73. The molecule has 1 N–H and O–H groups in total. The van der Waals surface area contributed by atoms with Gasteiger partial charge in [0.2, 0.25) is 0 Å². The van der Waals surface area contributed by atoms with E-state index in [2.05, 4.69) is 12.4 Å². The Hall–Kier alpha value is -0.0400. The molecule has 0 aliphatic heterocycles. The third-order valence-electron chi connectivity index (χ3n) is 5.87. The normalized spacial score (nSPS) is 70.2. The molecular weight excluding hydrogens is 146 g/mol. The second-order valence-electron chi connectivity index (χ2n) is 5.79. The molecule has 0 saturated heterocycles. The van der Waals surface area contributed by atoms with E-state index >= 15 is 0 Å². The molecule has 1 spiro atoms. The number of hydrogen-bond donors (Lipinski definition) is 1. The first kappa shape index (κ1) is 6.42. The highest BCUT2D eigenvalue weighted by molar-refractivity contribution is 5.28. The van der Waals surface area contributed by atoms with Gasteiger partial charge in [-0.05, 0) is 62.3 Å². The summed E-state index contributed by atoms with van der Waals surface area (Å²) in [6, 6.07) is 0. The van der Waals surface area contributed by atoms with Crippen LogP contribution in [0.2, 0.25) is 0 Å². The van der Waals surface area contributed by atoms with Crippen molar-refractivity contribution in [2.75, 3.05) is 7.05 Å². The summed E-state index contributed by atoms with van der Waals surface area (Å²) in [6.45, 7) is 0. The van der Waals surface area contributed by atoms with Crippen molar-refractivity contribution in [3.8, 4) is 0 Å². The molecule has 1 heteroatoms. The van der Waals surface area contributed by atoms with Gasteiger partial charge in [0.15, 0.2) is 0 Å². The van der Waals surface area contributed by atoms with Crippen LogP contribution >= 0.6 is 0 Å². The van der Waals surface area contributed by atoms with Gasteiger partial charge in [-0.1, -0.05) is 0 Å². The second kappa shape index (κ2) is 1.50. The molecular formula is C11H17N. The van der Waals surface area contributed by atoms with Gasteiger partial charge in [-0.3, -0.25) is 0 Å². The van der Waals surface area contributed by atoms with E-state index in [0.29, 0.717) is 5.54 Å². The summed E-state index contributed by atoms with van der Waals surface area (Å²) in [5.74, 6) is 3.45. The van der Waals surface area contributed by atoms with Crippen molar-refractivity contribution in [3.63, 3.8) is 0 Å². The Labute approximate surface area is 73.9 Å². The molecule has 4 saturated carbocycles. The van der Waals surface area contributed by atoms with E-state index in [1.54, 1.807) is 12.8 Å². The molecule has 2 atom stereocenters. The molecule has 4 aliphatic rings. The molecule has 0 amide bonds. The Morgan fingerprint density at radius 1 is 1.08 bits per heavy atom. The van der Waals surface area contributed by atoms with Crippen molar-refractivity contribution < 1.29 is 0 Å². The molecule has 2 unspecified atom stereocenters. The maximum absolute atomic E-state index is 3.62. The Balaban J connectivity index is 1.82. The predicted octanol–water partition coefficient (Wildman–Crippen LogP) is 1.78. The molecule has 4 fully saturated rings. The summed E-state index contributed by atoms with van der Waals surface area (Å²) in [5, 5.41) is 3.62. The zero-order chi connectivity index (χ0) is 7.97. The minimum absolute atomic E-state index is 0.612. The van der Waals surface area contributed by atoms with Crippen LogP contribution in [0.3, 0.4) is 0 Å². The minimum atomic E-state index is 0.612. The van der Waals surface area contributed by atoms with Crippen LogP contribution in [0.1, 0.15) is 32.1 Å². The molecule has 4 rings (SSSR count). The topological polar surface area (TPSA) is 12.0 Å². The average molecular weight is 163 g/mol. The third-order valence-corrected chi connectivity index (χ3v) is 5.87. The van der Waals surface area contributed by atoms with Gasteiger partial charge in [-0.2, -0.15) is 0 Å². The lowest BCUT2D eigenvalue weighted by molar-refractivity contribution is -0.175.